The van der Waals surface area contributed by atoms with Gasteiger partial charge in [-0.15, -0.1) is 0 Å². The maximum absolute atomic E-state index is 13.2. The molecule has 2 aliphatic rings. The molecule has 1 aromatic heterocycles. The van der Waals surface area contributed by atoms with Gasteiger partial charge in [-0.1, -0.05) is 12.1 Å². The van der Waals surface area contributed by atoms with Gasteiger partial charge in [0.15, 0.2) is 11.5 Å². The molecule has 1 saturated carbocycles. The van der Waals surface area contributed by atoms with E-state index in [4.69, 9.17) is 4.42 Å². The molecule has 2 aromatic carbocycles. The van der Waals surface area contributed by atoms with E-state index in [9.17, 15) is 14.4 Å². The highest BCUT2D eigenvalue weighted by atomic mass is 16.3. The van der Waals surface area contributed by atoms with E-state index >= 15 is 0 Å². The fraction of sp³-hybridized carbons (Fsp3) is 0.304. The van der Waals surface area contributed by atoms with Crippen LogP contribution in [0.2, 0.25) is 0 Å². The summed E-state index contributed by atoms with van der Waals surface area (Å²) in [6.07, 6.45) is 2.22. The number of rotatable bonds is 5. The summed E-state index contributed by atoms with van der Waals surface area (Å²) < 4.78 is 5.76. The highest BCUT2D eigenvalue weighted by molar-refractivity contribution is 6.00. The highest BCUT2D eigenvalue weighted by Crippen LogP contribution is 2.21. The minimum absolute atomic E-state index is 0.132. The van der Waals surface area contributed by atoms with Crippen LogP contribution in [-0.2, 0) is 11.2 Å². The standard InChI is InChI=1S/C23H22N4O4/c28-21(25-16-9-10-16)14-5-7-15(8-6-14)23(30)27-12-11-24-22(29)18(27)13-20-26-17-3-1-2-4-19(17)31-20/h1-8,16,18H,9-13H2,(H,24,29)(H,25,28)/t18-/m1/s1. The zero-order chi connectivity index (χ0) is 21.4. The van der Waals surface area contributed by atoms with E-state index in [1.54, 1.807) is 29.2 Å². The molecular formula is C23H22N4O4. The van der Waals surface area contributed by atoms with Crippen molar-refractivity contribution in [3.63, 3.8) is 0 Å². The van der Waals surface area contributed by atoms with Gasteiger partial charge >= 0.3 is 0 Å². The number of amides is 3. The van der Waals surface area contributed by atoms with Crippen LogP contribution in [0.1, 0.15) is 39.4 Å². The Labute approximate surface area is 178 Å². The fourth-order valence-corrected chi connectivity index (χ4v) is 3.76. The molecule has 1 saturated heterocycles. The first-order chi connectivity index (χ1) is 15.1. The quantitative estimate of drug-likeness (QED) is 0.659. The number of aromatic nitrogens is 1. The minimum Gasteiger partial charge on any atom is -0.441 e. The van der Waals surface area contributed by atoms with Gasteiger partial charge in [-0.05, 0) is 49.2 Å². The Morgan fingerprint density at radius 1 is 1.10 bits per heavy atom. The van der Waals surface area contributed by atoms with Crippen LogP contribution < -0.4 is 10.6 Å². The summed E-state index contributed by atoms with van der Waals surface area (Å²) in [5, 5.41) is 5.74. The molecule has 2 heterocycles. The molecule has 8 nitrogen and oxygen atoms in total. The Kier molecular flexibility index (Phi) is 4.89. The number of nitrogens with one attached hydrogen (secondary N) is 2. The van der Waals surface area contributed by atoms with Crippen molar-refractivity contribution in [3.05, 3.63) is 65.5 Å². The van der Waals surface area contributed by atoms with E-state index in [-0.39, 0.29) is 30.2 Å². The number of fused-ring (bicyclic) bond motifs is 1. The van der Waals surface area contributed by atoms with Crippen LogP contribution in [0.4, 0.5) is 0 Å². The molecule has 1 aliphatic heterocycles. The van der Waals surface area contributed by atoms with E-state index < -0.39 is 6.04 Å². The molecule has 3 aromatic rings. The predicted molar refractivity (Wildman–Crippen MR) is 112 cm³/mol. The number of piperazine rings is 1. The summed E-state index contributed by atoms with van der Waals surface area (Å²) in [6.45, 7) is 0.774. The number of nitrogens with zero attached hydrogens (tertiary/aromatic N) is 2. The van der Waals surface area contributed by atoms with Crippen molar-refractivity contribution in [1.82, 2.24) is 20.5 Å². The van der Waals surface area contributed by atoms with E-state index in [0.29, 0.717) is 41.2 Å². The molecule has 2 fully saturated rings. The van der Waals surface area contributed by atoms with Crippen molar-refractivity contribution in [2.75, 3.05) is 13.1 Å². The number of carbonyl (C=O) groups excluding carboxylic acids is 3. The monoisotopic (exact) mass is 418 g/mol. The van der Waals surface area contributed by atoms with Gasteiger partial charge in [-0.3, -0.25) is 14.4 Å². The van der Waals surface area contributed by atoms with Gasteiger partial charge in [0, 0.05) is 30.3 Å². The van der Waals surface area contributed by atoms with Crippen molar-refractivity contribution >= 4 is 28.8 Å². The summed E-state index contributed by atoms with van der Waals surface area (Å²) in [6, 6.07) is 13.5. The molecule has 1 aliphatic carbocycles. The summed E-state index contributed by atoms with van der Waals surface area (Å²) in [5.41, 5.74) is 2.31. The number of hydrogen-bond donors (Lipinski definition) is 2. The van der Waals surface area contributed by atoms with Gasteiger partial charge in [0.2, 0.25) is 5.91 Å². The molecule has 158 valence electrons. The number of benzene rings is 2. The minimum atomic E-state index is -0.716. The average Bonchev–Trinajstić information content (AvgIpc) is 3.50. The Morgan fingerprint density at radius 2 is 1.84 bits per heavy atom. The highest BCUT2D eigenvalue weighted by Gasteiger charge is 2.35. The topological polar surface area (TPSA) is 105 Å². The second-order valence-corrected chi connectivity index (χ2v) is 7.91. The first-order valence-electron chi connectivity index (χ1n) is 10.4. The molecule has 3 amide bonds. The van der Waals surface area contributed by atoms with E-state index in [0.717, 1.165) is 12.8 Å². The molecule has 5 rings (SSSR count). The number of oxazole rings is 1. The number of carbonyl (C=O) groups is 3. The normalized spacial score (nSPS) is 18.6. The Morgan fingerprint density at radius 3 is 2.58 bits per heavy atom. The molecule has 1 atom stereocenters. The first-order valence-corrected chi connectivity index (χ1v) is 10.4. The van der Waals surface area contributed by atoms with Crippen LogP contribution in [-0.4, -0.2) is 52.8 Å². The van der Waals surface area contributed by atoms with Gasteiger partial charge in [-0.2, -0.15) is 0 Å². The van der Waals surface area contributed by atoms with Crippen molar-refractivity contribution in [3.8, 4) is 0 Å². The summed E-state index contributed by atoms with van der Waals surface area (Å²) in [5.74, 6) is -0.215. The lowest BCUT2D eigenvalue weighted by Crippen LogP contribution is -2.58. The number of hydrogen-bond acceptors (Lipinski definition) is 5. The van der Waals surface area contributed by atoms with Crippen molar-refractivity contribution < 1.29 is 18.8 Å². The van der Waals surface area contributed by atoms with E-state index in [1.807, 2.05) is 24.3 Å². The first kappa shape index (κ1) is 19.3. The fourth-order valence-electron chi connectivity index (χ4n) is 3.76. The van der Waals surface area contributed by atoms with Crippen LogP contribution in [0.15, 0.2) is 52.9 Å². The Balaban J connectivity index is 1.34. The lowest BCUT2D eigenvalue weighted by molar-refractivity contribution is -0.127. The molecule has 2 N–H and O–H groups in total. The summed E-state index contributed by atoms with van der Waals surface area (Å²) in [4.78, 5) is 43.9. The SMILES string of the molecule is O=C(NC1CC1)c1ccc(C(=O)N2CCNC(=O)[C@H]2Cc2nc3ccccc3o2)cc1. The lowest BCUT2D eigenvalue weighted by Gasteiger charge is -2.34. The average molecular weight is 418 g/mol. The molecule has 8 heteroatoms. The van der Waals surface area contributed by atoms with Gasteiger partial charge < -0.3 is 20.0 Å². The Hall–Kier alpha value is -3.68. The maximum atomic E-state index is 13.2. The van der Waals surface area contributed by atoms with Crippen LogP contribution in [0.25, 0.3) is 11.1 Å². The molecule has 0 spiro atoms. The number of para-hydroxylation sites is 2. The van der Waals surface area contributed by atoms with Crippen LogP contribution in [0.5, 0.6) is 0 Å². The molecule has 0 unspecified atom stereocenters. The van der Waals surface area contributed by atoms with Crippen molar-refractivity contribution in [2.24, 2.45) is 0 Å². The van der Waals surface area contributed by atoms with E-state index in [2.05, 4.69) is 15.6 Å². The van der Waals surface area contributed by atoms with Gasteiger partial charge in [-0.25, -0.2) is 4.98 Å². The zero-order valence-corrected chi connectivity index (χ0v) is 16.8. The van der Waals surface area contributed by atoms with Crippen molar-refractivity contribution in [1.29, 1.82) is 0 Å². The predicted octanol–water partition coefficient (Wildman–Crippen LogP) is 1.90. The van der Waals surface area contributed by atoms with Crippen LogP contribution in [0.3, 0.4) is 0 Å². The lowest BCUT2D eigenvalue weighted by atomic mass is 10.1. The van der Waals surface area contributed by atoms with E-state index in [1.165, 1.54) is 0 Å². The summed E-state index contributed by atoms with van der Waals surface area (Å²) >= 11 is 0. The zero-order valence-electron chi connectivity index (χ0n) is 16.8. The third-order valence-corrected chi connectivity index (χ3v) is 5.60. The van der Waals surface area contributed by atoms with Gasteiger partial charge in [0.1, 0.15) is 11.6 Å². The largest absolute Gasteiger partial charge is 0.441 e. The van der Waals surface area contributed by atoms with Crippen molar-refractivity contribution in [2.45, 2.75) is 31.3 Å². The summed E-state index contributed by atoms with van der Waals surface area (Å²) in [7, 11) is 0. The molecule has 0 radical (unpaired) electrons. The second kappa shape index (κ2) is 7.86. The van der Waals surface area contributed by atoms with Crippen LogP contribution >= 0.6 is 0 Å². The second-order valence-electron chi connectivity index (χ2n) is 7.91. The molecular weight excluding hydrogens is 396 g/mol. The molecule has 0 bridgehead atoms. The smallest absolute Gasteiger partial charge is 0.254 e. The van der Waals surface area contributed by atoms with Gasteiger partial charge in [0.25, 0.3) is 11.8 Å². The third-order valence-electron chi connectivity index (χ3n) is 5.60. The third kappa shape index (κ3) is 4.01. The van der Waals surface area contributed by atoms with Gasteiger partial charge in [0.05, 0.1) is 6.42 Å². The Bertz CT molecular complexity index is 1120. The maximum Gasteiger partial charge on any atom is 0.254 e. The van der Waals surface area contributed by atoms with Crippen LogP contribution in [0, 0.1) is 0 Å². The molecule has 31 heavy (non-hydrogen) atoms.